The standard InChI is InChI=1S/C25H25FN4/c1-17-12-18(2)14-29(13-17)24-23-22(19-6-4-3-5-7-19)15-30(25(23)28-16-27-24)21-10-8-20(26)9-11-21/h3-11,15-18H,12-14H2,1-2H3/t17-,18-/m1/s1. The van der Waals surface area contributed by atoms with E-state index < -0.39 is 0 Å². The minimum absolute atomic E-state index is 0.245. The van der Waals surface area contributed by atoms with Crippen LogP contribution in [0, 0.1) is 17.7 Å². The molecular weight excluding hydrogens is 375 g/mol. The van der Waals surface area contributed by atoms with Crippen LogP contribution in [-0.4, -0.2) is 27.6 Å². The van der Waals surface area contributed by atoms with E-state index in [0.29, 0.717) is 11.8 Å². The summed E-state index contributed by atoms with van der Waals surface area (Å²) in [5.41, 5.74) is 3.94. The Morgan fingerprint density at radius 2 is 1.60 bits per heavy atom. The lowest BCUT2D eigenvalue weighted by Gasteiger charge is -2.36. The first-order chi connectivity index (χ1) is 14.6. The van der Waals surface area contributed by atoms with Gasteiger partial charge in [-0.25, -0.2) is 14.4 Å². The van der Waals surface area contributed by atoms with Gasteiger partial charge >= 0.3 is 0 Å². The highest BCUT2D eigenvalue weighted by molar-refractivity contribution is 6.02. The number of piperidine rings is 1. The molecule has 0 amide bonds. The molecule has 5 rings (SSSR count). The monoisotopic (exact) mass is 400 g/mol. The fourth-order valence-electron chi connectivity index (χ4n) is 4.76. The lowest BCUT2D eigenvalue weighted by atomic mass is 9.91. The zero-order valence-corrected chi connectivity index (χ0v) is 17.3. The van der Waals surface area contributed by atoms with Crippen molar-refractivity contribution >= 4 is 16.9 Å². The van der Waals surface area contributed by atoms with E-state index in [4.69, 9.17) is 4.98 Å². The van der Waals surface area contributed by atoms with Crippen molar-refractivity contribution in [3.05, 3.63) is 72.9 Å². The van der Waals surface area contributed by atoms with E-state index in [1.54, 1.807) is 18.5 Å². The maximum absolute atomic E-state index is 13.5. The fourth-order valence-corrected chi connectivity index (χ4v) is 4.76. The van der Waals surface area contributed by atoms with Gasteiger partial charge in [0.15, 0.2) is 5.65 Å². The maximum atomic E-state index is 13.5. The number of halogens is 1. The number of nitrogens with zero attached hydrogens (tertiary/aromatic N) is 4. The number of benzene rings is 2. The number of rotatable bonds is 3. The Balaban J connectivity index is 1.75. The van der Waals surface area contributed by atoms with Crippen molar-refractivity contribution in [3.63, 3.8) is 0 Å². The van der Waals surface area contributed by atoms with Gasteiger partial charge in [-0.3, -0.25) is 0 Å². The Hall–Kier alpha value is -3.21. The average Bonchev–Trinajstić information content (AvgIpc) is 3.14. The molecule has 152 valence electrons. The number of hydrogen-bond donors (Lipinski definition) is 0. The van der Waals surface area contributed by atoms with Crippen LogP contribution in [0.25, 0.3) is 27.8 Å². The van der Waals surface area contributed by atoms with E-state index in [1.165, 1.54) is 18.6 Å². The second-order valence-corrected chi connectivity index (χ2v) is 8.50. The molecule has 0 saturated carbocycles. The second kappa shape index (κ2) is 7.56. The summed E-state index contributed by atoms with van der Waals surface area (Å²) in [7, 11) is 0. The van der Waals surface area contributed by atoms with E-state index in [2.05, 4.69) is 42.1 Å². The summed E-state index contributed by atoms with van der Waals surface area (Å²) in [5.74, 6) is 1.99. The molecule has 0 N–H and O–H groups in total. The predicted octanol–water partition coefficient (Wildman–Crippen LogP) is 5.71. The van der Waals surface area contributed by atoms with Gasteiger partial charge < -0.3 is 9.47 Å². The van der Waals surface area contributed by atoms with Crippen molar-refractivity contribution in [2.75, 3.05) is 18.0 Å². The molecule has 2 aromatic carbocycles. The first-order valence-corrected chi connectivity index (χ1v) is 10.5. The van der Waals surface area contributed by atoms with E-state index in [0.717, 1.165) is 46.8 Å². The van der Waals surface area contributed by atoms with Crippen LogP contribution in [0.3, 0.4) is 0 Å². The fraction of sp³-hybridized carbons (Fsp3) is 0.280. The molecular formula is C25H25FN4. The van der Waals surface area contributed by atoms with Crippen LogP contribution >= 0.6 is 0 Å². The highest BCUT2D eigenvalue weighted by Crippen LogP contribution is 2.38. The lowest BCUT2D eigenvalue weighted by Crippen LogP contribution is -2.39. The Morgan fingerprint density at radius 1 is 0.900 bits per heavy atom. The third kappa shape index (κ3) is 3.34. The molecule has 4 aromatic rings. The van der Waals surface area contributed by atoms with Crippen LogP contribution in [0.5, 0.6) is 0 Å². The molecule has 30 heavy (non-hydrogen) atoms. The summed E-state index contributed by atoms with van der Waals surface area (Å²) in [6.07, 6.45) is 4.99. The summed E-state index contributed by atoms with van der Waals surface area (Å²) >= 11 is 0. The van der Waals surface area contributed by atoms with Crippen molar-refractivity contribution in [2.24, 2.45) is 11.8 Å². The molecule has 3 heterocycles. The normalized spacial score (nSPS) is 19.4. The molecule has 1 aliphatic heterocycles. The molecule has 1 fully saturated rings. The van der Waals surface area contributed by atoms with Crippen LogP contribution < -0.4 is 4.90 Å². The highest BCUT2D eigenvalue weighted by Gasteiger charge is 2.26. The number of hydrogen-bond acceptors (Lipinski definition) is 3. The van der Waals surface area contributed by atoms with Gasteiger partial charge in [-0.2, -0.15) is 0 Å². The Kier molecular flexibility index (Phi) is 4.74. The number of anilines is 1. The number of fused-ring (bicyclic) bond motifs is 1. The van der Waals surface area contributed by atoms with Gasteiger partial charge in [0.05, 0.1) is 5.39 Å². The smallest absolute Gasteiger partial charge is 0.150 e. The highest BCUT2D eigenvalue weighted by atomic mass is 19.1. The van der Waals surface area contributed by atoms with E-state index in [-0.39, 0.29) is 5.82 Å². The van der Waals surface area contributed by atoms with Gasteiger partial charge in [-0.1, -0.05) is 44.2 Å². The van der Waals surface area contributed by atoms with Crippen molar-refractivity contribution in [1.82, 2.24) is 14.5 Å². The first kappa shape index (κ1) is 18.8. The predicted molar refractivity (Wildman–Crippen MR) is 119 cm³/mol. The second-order valence-electron chi connectivity index (χ2n) is 8.50. The molecule has 0 spiro atoms. The van der Waals surface area contributed by atoms with Crippen LogP contribution in [0.2, 0.25) is 0 Å². The van der Waals surface area contributed by atoms with Gasteiger partial charge in [0.1, 0.15) is 18.0 Å². The summed E-state index contributed by atoms with van der Waals surface area (Å²) < 4.78 is 15.6. The molecule has 0 aliphatic carbocycles. The third-order valence-corrected chi connectivity index (χ3v) is 5.92. The summed E-state index contributed by atoms with van der Waals surface area (Å²) in [5, 5.41) is 1.05. The van der Waals surface area contributed by atoms with Gasteiger partial charge in [0.25, 0.3) is 0 Å². The van der Waals surface area contributed by atoms with Crippen molar-refractivity contribution in [3.8, 4) is 16.8 Å². The molecule has 1 saturated heterocycles. The van der Waals surface area contributed by atoms with Gasteiger partial charge in [0.2, 0.25) is 0 Å². The largest absolute Gasteiger partial charge is 0.355 e. The van der Waals surface area contributed by atoms with Gasteiger partial charge in [-0.15, -0.1) is 0 Å². The Bertz CT molecular complexity index is 1160. The first-order valence-electron chi connectivity index (χ1n) is 10.5. The van der Waals surface area contributed by atoms with Gasteiger partial charge in [-0.05, 0) is 48.1 Å². The SMILES string of the molecule is C[C@@H]1C[C@@H](C)CN(c2ncnc3c2c(-c2ccccc2)cn3-c2ccc(F)cc2)C1. The van der Waals surface area contributed by atoms with Crippen LogP contribution in [0.1, 0.15) is 20.3 Å². The van der Waals surface area contributed by atoms with Crippen LogP contribution in [0.4, 0.5) is 10.2 Å². The maximum Gasteiger partial charge on any atom is 0.150 e. The molecule has 2 atom stereocenters. The number of aromatic nitrogens is 3. The molecule has 0 radical (unpaired) electrons. The van der Waals surface area contributed by atoms with Crippen molar-refractivity contribution in [1.29, 1.82) is 0 Å². The molecule has 0 bridgehead atoms. The summed E-state index contributed by atoms with van der Waals surface area (Å²) in [6, 6.07) is 16.9. The van der Waals surface area contributed by atoms with Crippen molar-refractivity contribution < 1.29 is 4.39 Å². The quantitative estimate of drug-likeness (QED) is 0.442. The van der Waals surface area contributed by atoms with Crippen LogP contribution in [0.15, 0.2) is 67.1 Å². The van der Waals surface area contributed by atoms with Crippen molar-refractivity contribution in [2.45, 2.75) is 20.3 Å². The van der Waals surface area contributed by atoms with E-state index >= 15 is 0 Å². The van der Waals surface area contributed by atoms with E-state index in [9.17, 15) is 4.39 Å². The van der Waals surface area contributed by atoms with E-state index in [1.807, 2.05) is 22.8 Å². The molecule has 0 unspecified atom stereocenters. The van der Waals surface area contributed by atoms with Gasteiger partial charge in [0, 0.05) is 30.5 Å². The zero-order chi connectivity index (χ0) is 20.7. The lowest BCUT2D eigenvalue weighted by molar-refractivity contribution is 0.356. The Morgan fingerprint density at radius 3 is 2.30 bits per heavy atom. The topological polar surface area (TPSA) is 34.0 Å². The Labute approximate surface area is 176 Å². The molecule has 5 heteroatoms. The summed E-state index contributed by atoms with van der Waals surface area (Å²) in [6.45, 7) is 6.60. The average molecular weight is 401 g/mol. The third-order valence-electron chi connectivity index (χ3n) is 5.92. The summed E-state index contributed by atoms with van der Waals surface area (Å²) in [4.78, 5) is 11.8. The molecule has 2 aromatic heterocycles. The van der Waals surface area contributed by atoms with Crippen LogP contribution in [-0.2, 0) is 0 Å². The molecule has 4 nitrogen and oxygen atoms in total. The zero-order valence-electron chi connectivity index (χ0n) is 17.3. The minimum Gasteiger partial charge on any atom is -0.355 e. The minimum atomic E-state index is -0.245. The molecule has 1 aliphatic rings.